The predicted octanol–water partition coefficient (Wildman–Crippen LogP) is 1.68. The Hall–Kier alpha value is -3.29. The summed E-state index contributed by atoms with van der Waals surface area (Å²) in [5.41, 5.74) is 1.44. The maximum Gasteiger partial charge on any atom is 0.338 e. The normalized spacial score (nSPS) is 16.4. The van der Waals surface area contributed by atoms with Gasteiger partial charge in [0.05, 0.1) is 11.6 Å². The molecule has 1 aromatic carbocycles. The zero-order valence-electron chi connectivity index (χ0n) is 14.5. The van der Waals surface area contributed by atoms with E-state index in [1.807, 2.05) is 0 Å². The molecule has 0 bridgehead atoms. The summed E-state index contributed by atoms with van der Waals surface area (Å²) >= 11 is 0. The summed E-state index contributed by atoms with van der Waals surface area (Å²) in [5, 5.41) is 14.6. The van der Waals surface area contributed by atoms with Crippen LogP contribution in [-0.4, -0.2) is 36.3 Å². The Labute approximate surface area is 150 Å². The topological polar surface area (TPSA) is 114 Å². The van der Waals surface area contributed by atoms with Crippen LogP contribution in [0.4, 0.5) is 4.79 Å². The smallest absolute Gasteiger partial charge is 0.338 e. The van der Waals surface area contributed by atoms with Crippen molar-refractivity contribution in [2.45, 2.75) is 19.9 Å². The zero-order valence-corrected chi connectivity index (χ0v) is 14.5. The Morgan fingerprint density at radius 1 is 1.19 bits per heavy atom. The zero-order chi connectivity index (χ0) is 19.3. The van der Waals surface area contributed by atoms with E-state index in [1.165, 1.54) is 19.1 Å². The molecule has 0 aliphatic carbocycles. The maximum absolute atomic E-state index is 12.5. The Morgan fingerprint density at radius 2 is 1.81 bits per heavy atom. The average molecular weight is 360 g/mol. The highest BCUT2D eigenvalue weighted by Crippen LogP contribution is 2.28. The van der Waals surface area contributed by atoms with Crippen LogP contribution < -0.4 is 10.6 Å². The number of ether oxygens (including phenoxy) is 2. The van der Waals surface area contributed by atoms with Gasteiger partial charge in [0.25, 0.3) is 0 Å². The highest BCUT2D eigenvalue weighted by atomic mass is 16.6. The second kappa shape index (κ2) is 8.19. The van der Waals surface area contributed by atoms with Gasteiger partial charge in [-0.1, -0.05) is 18.7 Å². The molecule has 1 heterocycles. The number of amides is 2. The predicted molar refractivity (Wildman–Crippen MR) is 91.9 cm³/mol. The van der Waals surface area contributed by atoms with Gasteiger partial charge in [-0.15, -0.1) is 0 Å². The van der Waals surface area contributed by atoms with E-state index >= 15 is 0 Å². The minimum absolute atomic E-state index is 0.0677. The molecule has 0 fully saturated rings. The molecule has 1 aromatic rings. The molecule has 1 atom stereocenters. The summed E-state index contributed by atoms with van der Waals surface area (Å²) in [4.78, 5) is 35.5. The molecule has 0 aromatic heterocycles. The molecule has 26 heavy (non-hydrogen) atoms. The summed E-state index contributed by atoms with van der Waals surface area (Å²) < 4.78 is 10.0. The lowest BCUT2D eigenvalue weighted by Crippen LogP contribution is -2.45. The average Bonchev–Trinajstić information content (AvgIpc) is 2.58. The Kier molecular flexibility index (Phi) is 6.00. The van der Waals surface area contributed by atoms with E-state index in [4.69, 9.17) is 9.47 Å². The number of urea groups is 1. The molecule has 0 saturated heterocycles. The number of aromatic hydroxyl groups is 1. The molecule has 8 nitrogen and oxygen atoms in total. The summed E-state index contributed by atoms with van der Waals surface area (Å²) in [7, 11) is 0. The van der Waals surface area contributed by atoms with Gasteiger partial charge < -0.3 is 25.2 Å². The first kappa shape index (κ1) is 19.0. The van der Waals surface area contributed by atoms with Crippen molar-refractivity contribution in [2.24, 2.45) is 0 Å². The second-order valence-corrected chi connectivity index (χ2v) is 5.71. The molecule has 138 valence electrons. The van der Waals surface area contributed by atoms with Crippen molar-refractivity contribution in [3.63, 3.8) is 0 Å². The van der Waals surface area contributed by atoms with E-state index < -0.39 is 24.0 Å². The van der Waals surface area contributed by atoms with E-state index in [9.17, 15) is 19.5 Å². The number of nitrogens with one attached hydrogen (secondary N) is 2. The van der Waals surface area contributed by atoms with Gasteiger partial charge in [-0.2, -0.15) is 0 Å². The lowest BCUT2D eigenvalue weighted by atomic mass is 9.95. The van der Waals surface area contributed by atoms with Crippen molar-refractivity contribution in [1.29, 1.82) is 0 Å². The Bertz CT molecular complexity index is 766. The quantitative estimate of drug-likeness (QED) is 0.404. The van der Waals surface area contributed by atoms with Crippen LogP contribution in [0.5, 0.6) is 5.75 Å². The fourth-order valence-corrected chi connectivity index (χ4v) is 2.35. The van der Waals surface area contributed by atoms with Crippen LogP contribution in [0, 0.1) is 0 Å². The van der Waals surface area contributed by atoms with Gasteiger partial charge in [0.1, 0.15) is 19.0 Å². The summed E-state index contributed by atoms with van der Waals surface area (Å²) in [6.07, 6.45) is 0. The highest BCUT2D eigenvalue weighted by molar-refractivity contribution is 5.95. The Balaban J connectivity index is 2.09. The van der Waals surface area contributed by atoms with E-state index in [-0.39, 0.29) is 30.1 Å². The number of esters is 2. The number of allylic oxidation sites excluding steroid dienone is 1. The van der Waals surface area contributed by atoms with Gasteiger partial charge in [0.2, 0.25) is 0 Å². The minimum atomic E-state index is -0.727. The van der Waals surface area contributed by atoms with Gasteiger partial charge in [0, 0.05) is 11.3 Å². The first-order valence-corrected chi connectivity index (χ1v) is 7.86. The van der Waals surface area contributed by atoms with Crippen LogP contribution in [-0.2, 0) is 19.1 Å². The molecule has 2 rings (SSSR count). The van der Waals surface area contributed by atoms with Crippen molar-refractivity contribution in [2.75, 3.05) is 13.2 Å². The molecule has 1 unspecified atom stereocenters. The number of hydrogen-bond donors (Lipinski definition) is 3. The van der Waals surface area contributed by atoms with Crippen molar-refractivity contribution in [3.05, 3.63) is 53.3 Å². The molecule has 1 aliphatic rings. The standard InChI is InChI=1S/C18H20N2O6/c1-10(2)16(22)25-8-9-26-17(23)14-11(3)19-18(24)20-15(14)12-4-6-13(21)7-5-12/h4-7,15,21H,1,8-9H2,2-3H3,(H2,19,20,24). The summed E-state index contributed by atoms with van der Waals surface area (Å²) in [6.45, 7) is 6.32. The van der Waals surface area contributed by atoms with Gasteiger partial charge in [-0.25, -0.2) is 14.4 Å². The molecule has 1 aliphatic heterocycles. The lowest BCUT2D eigenvalue weighted by Gasteiger charge is -2.28. The molecule has 0 radical (unpaired) electrons. The van der Waals surface area contributed by atoms with Crippen molar-refractivity contribution in [1.82, 2.24) is 10.6 Å². The van der Waals surface area contributed by atoms with Crippen molar-refractivity contribution < 1.29 is 29.0 Å². The lowest BCUT2D eigenvalue weighted by molar-refractivity contribution is -0.147. The number of carbonyl (C=O) groups excluding carboxylic acids is 3. The molecule has 0 saturated carbocycles. The van der Waals surface area contributed by atoms with Crippen LogP contribution in [0.2, 0.25) is 0 Å². The highest BCUT2D eigenvalue weighted by Gasteiger charge is 2.32. The molecule has 8 heteroatoms. The van der Waals surface area contributed by atoms with Crippen LogP contribution in [0.25, 0.3) is 0 Å². The minimum Gasteiger partial charge on any atom is -0.508 e. The molecule has 0 spiro atoms. The van der Waals surface area contributed by atoms with Gasteiger partial charge >= 0.3 is 18.0 Å². The van der Waals surface area contributed by atoms with Gasteiger partial charge in [-0.05, 0) is 31.5 Å². The van der Waals surface area contributed by atoms with Crippen LogP contribution in [0.3, 0.4) is 0 Å². The van der Waals surface area contributed by atoms with Crippen molar-refractivity contribution >= 4 is 18.0 Å². The Morgan fingerprint density at radius 3 is 2.42 bits per heavy atom. The fraction of sp³-hybridized carbons (Fsp3) is 0.278. The number of rotatable bonds is 6. The number of phenols is 1. The third-order valence-electron chi connectivity index (χ3n) is 3.61. The summed E-state index contributed by atoms with van der Waals surface area (Å²) in [6, 6.07) is 4.93. The third-order valence-corrected chi connectivity index (χ3v) is 3.61. The van der Waals surface area contributed by atoms with Gasteiger partial charge in [-0.3, -0.25) is 0 Å². The van der Waals surface area contributed by atoms with E-state index in [2.05, 4.69) is 17.2 Å². The maximum atomic E-state index is 12.5. The number of carbonyl (C=O) groups is 3. The largest absolute Gasteiger partial charge is 0.508 e. The van der Waals surface area contributed by atoms with Crippen LogP contribution in [0.1, 0.15) is 25.5 Å². The SMILES string of the molecule is C=C(C)C(=O)OCCOC(=O)C1=C(C)NC(=O)NC1c1ccc(O)cc1. The van der Waals surface area contributed by atoms with E-state index in [0.29, 0.717) is 11.3 Å². The first-order chi connectivity index (χ1) is 12.3. The number of hydrogen-bond acceptors (Lipinski definition) is 6. The third kappa shape index (κ3) is 4.62. The molecular formula is C18H20N2O6. The van der Waals surface area contributed by atoms with E-state index in [0.717, 1.165) is 0 Å². The van der Waals surface area contributed by atoms with Crippen LogP contribution >= 0.6 is 0 Å². The van der Waals surface area contributed by atoms with Crippen molar-refractivity contribution in [3.8, 4) is 5.75 Å². The first-order valence-electron chi connectivity index (χ1n) is 7.86. The molecule has 2 amide bonds. The second-order valence-electron chi connectivity index (χ2n) is 5.71. The molecule has 3 N–H and O–H groups in total. The fourth-order valence-electron chi connectivity index (χ4n) is 2.35. The number of benzene rings is 1. The van der Waals surface area contributed by atoms with E-state index in [1.54, 1.807) is 19.1 Å². The summed E-state index contributed by atoms with van der Waals surface area (Å²) in [5.74, 6) is -1.15. The van der Waals surface area contributed by atoms with Crippen LogP contribution in [0.15, 0.2) is 47.7 Å². The molecular weight excluding hydrogens is 340 g/mol. The monoisotopic (exact) mass is 360 g/mol. The van der Waals surface area contributed by atoms with Gasteiger partial charge in [0.15, 0.2) is 0 Å². The number of phenolic OH excluding ortho intramolecular Hbond substituents is 1.